The summed E-state index contributed by atoms with van der Waals surface area (Å²) in [5.41, 5.74) is 2.80. The Balaban J connectivity index is 2.03. The third-order valence-corrected chi connectivity index (χ3v) is 7.96. The largest absolute Gasteiger partial charge is 0.355 e. The van der Waals surface area contributed by atoms with Gasteiger partial charge < -0.3 is 10.2 Å². The number of hydrogen-bond acceptors (Lipinski definition) is 4. The van der Waals surface area contributed by atoms with Gasteiger partial charge in [-0.3, -0.25) is 13.9 Å². The van der Waals surface area contributed by atoms with Gasteiger partial charge in [-0.2, -0.15) is 0 Å². The molecule has 0 radical (unpaired) electrons. The standard InChI is InChI=1S/C28H32FN3O4S/c1-5-30-28(34)22(4)31(18-23-12-14-24(29)15-13-23)27(33)19-32(25-16-11-20(2)21(3)17-25)37(35,36)26-9-7-6-8-10-26/h6-17,22H,5,18-19H2,1-4H3,(H,30,34)/t22-/m1/s1. The number of halogens is 1. The quantitative estimate of drug-likeness (QED) is 0.430. The van der Waals surface area contributed by atoms with Crippen LogP contribution >= 0.6 is 0 Å². The molecule has 0 fully saturated rings. The molecule has 1 N–H and O–H groups in total. The van der Waals surface area contributed by atoms with Crippen LogP contribution in [0.25, 0.3) is 0 Å². The highest BCUT2D eigenvalue weighted by molar-refractivity contribution is 7.92. The highest BCUT2D eigenvalue weighted by Gasteiger charge is 2.32. The molecule has 0 aliphatic rings. The highest BCUT2D eigenvalue weighted by Crippen LogP contribution is 2.26. The molecule has 0 aliphatic carbocycles. The van der Waals surface area contributed by atoms with Crippen molar-refractivity contribution in [2.24, 2.45) is 0 Å². The molecule has 0 spiro atoms. The van der Waals surface area contributed by atoms with E-state index < -0.39 is 34.3 Å². The zero-order valence-corrected chi connectivity index (χ0v) is 22.3. The van der Waals surface area contributed by atoms with Crippen LogP contribution in [0.15, 0.2) is 77.7 Å². The molecular formula is C28H32FN3O4S. The summed E-state index contributed by atoms with van der Waals surface area (Å²) in [7, 11) is -4.11. The monoisotopic (exact) mass is 525 g/mol. The van der Waals surface area contributed by atoms with Crippen LogP contribution in [0.3, 0.4) is 0 Å². The van der Waals surface area contributed by atoms with Gasteiger partial charge in [0.2, 0.25) is 11.8 Å². The predicted octanol–water partition coefficient (Wildman–Crippen LogP) is 4.19. The second-order valence-corrected chi connectivity index (χ2v) is 10.7. The number of nitrogens with one attached hydrogen (secondary N) is 1. The Labute approximate surface area is 218 Å². The van der Waals surface area contributed by atoms with E-state index in [1.54, 1.807) is 50.2 Å². The number of nitrogens with zero attached hydrogens (tertiary/aromatic N) is 2. The van der Waals surface area contributed by atoms with Crippen LogP contribution < -0.4 is 9.62 Å². The predicted molar refractivity (Wildman–Crippen MR) is 142 cm³/mol. The summed E-state index contributed by atoms with van der Waals surface area (Å²) in [5, 5.41) is 2.71. The molecule has 196 valence electrons. The van der Waals surface area contributed by atoms with Crippen LogP contribution in [-0.4, -0.2) is 44.3 Å². The van der Waals surface area contributed by atoms with Crippen molar-refractivity contribution < 1.29 is 22.4 Å². The fourth-order valence-electron chi connectivity index (χ4n) is 3.82. The molecule has 7 nitrogen and oxygen atoms in total. The molecular weight excluding hydrogens is 493 g/mol. The first kappa shape index (κ1) is 27.9. The van der Waals surface area contributed by atoms with Gasteiger partial charge in [0.1, 0.15) is 18.4 Å². The van der Waals surface area contributed by atoms with E-state index in [0.29, 0.717) is 17.8 Å². The average Bonchev–Trinajstić information content (AvgIpc) is 2.88. The van der Waals surface area contributed by atoms with E-state index in [2.05, 4.69) is 5.32 Å². The first-order chi connectivity index (χ1) is 17.5. The number of hydrogen-bond donors (Lipinski definition) is 1. The Kier molecular flexibility index (Phi) is 9.04. The minimum atomic E-state index is -4.11. The summed E-state index contributed by atoms with van der Waals surface area (Å²) in [6.45, 7) is 6.99. The number of carbonyl (C=O) groups is 2. The van der Waals surface area contributed by atoms with E-state index in [4.69, 9.17) is 0 Å². The number of likely N-dealkylation sites (N-methyl/N-ethyl adjacent to an activating group) is 1. The molecule has 3 aromatic rings. The summed E-state index contributed by atoms with van der Waals surface area (Å²) < 4.78 is 42.0. The lowest BCUT2D eigenvalue weighted by Gasteiger charge is -2.32. The van der Waals surface area contributed by atoms with Crippen LogP contribution in [0.1, 0.15) is 30.5 Å². The molecule has 3 rings (SSSR count). The lowest BCUT2D eigenvalue weighted by molar-refractivity contribution is -0.139. The minimum absolute atomic E-state index is 0.00354. The number of aryl methyl sites for hydroxylation is 2. The van der Waals surface area contributed by atoms with Crippen molar-refractivity contribution in [3.8, 4) is 0 Å². The summed E-state index contributed by atoms with van der Waals surface area (Å²) >= 11 is 0. The van der Waals surface area contributed by atoms with Crippen molar-refractivity contribution in [3.63, 3.8) is 0 Å². The van der Waals surface area contributed by atoms with Crippen molar-refractivity contribution in [1.82, 2.24) is 10.2 Å². The molecule has 0 saturated heterocycles. The van der Waals surface area contributed by atoms with Gasteiger partial charge in [0.25, 0.3) is 10.0 Å². The smallest absolute Gasteiger partial charge is 0.264 e. The first-order valence-electron chi connectivity index (χ1n) is 12.0. The summed E-state index contributed by atoms with van der Waals surface area (Å²) in [6.07, 6.45) is 0. The van der Waals surface area contributed by atoms with E-state index >= 15 is 0 Å². The Morgan fingerprint density at radius 3 is 2.19 bits per heavy atom. The molecule has 0 heterocycles. The van der Waals surface area contributed by atoms with E-state index in [9.17, 15) is 22.4 Å². The Hall–Kier alpha value is -3.72. The van der Waals surface area contributed by atoms with Gasteiger partial charge in [-0.1, -0.05) is 36.4 Å². The number of sulfonamides is 1. The fraction of sp³-hybridized carbons (Fsp3) is 0.286. The van der Waals surface area contributed by atoms with Crippen molar-refractivity contribution in [2.75, 3.05) is 17.4 Å². The van der Waals surface area contributed by atoms with Gasteiger partial charge in [0, 0.05) is 13.1 Å². The SMILES string of the molecule is CCNC(=O)[C@@H](C)N(Cc1ccc(F)cc1)C(=O)CN(c1ccc(C)c(C)c1)S(=O)(=O)c1ccccc1. The van der Waals surface area contributed by atoms with Gasteiger partial charge >= 0.3 is 0 Å². The Morgan fingerprint density at radius 2 is 1.59 bits per heavy atom. The first-order valence-corrected chi connectivity index (χ1v) is 13.4. The third kappa shape index (κ3) is 6.74. The van der Waals surface area contributed by atoms with Gasteiger partial charge in [-0.05, 0) is 80.8 Å². The molecule has 3 aromatic carbocycles. The molecule has 0 saturated carbocycles. The van der Waals surface area contributed by atoms with Gasteiger partial charge in [0.15, 0.2) is 0 Å². The summed E-state index contributed by atoms with van der Waals surface area (Å²) in [4.78, 5) is 27.8. The van der Waals surface area contributed by atoms with Crippen molar-refractivity contribution in [3.05, 3.63) is 95.3 Å². The summed E-state index contributed by atoms with van der Waals surface area (Å²) in [6, 6.07) is 17.8. The average molecular weight is 526 g/mol. The lowest BCUT2D eigenvalue weighted by atomic mass is 10.1. The van der Waals surface area contributed by atoms with Gasteiger partial charge in [-0.15, -0.1) is 0 Å². The van der Waals surface area contributed by atoms with Crippen molar-refractivity contribution in [1.29, 1.82) is 0 Å². The van der Waals surface area contributed by atoms with Crippen LogP contribution in [0.2, 0.25) is 0 Å². The minimum Gasteiger partial charge on any atom is -0.355 e. The van der Waals surface area contributed by atoms with Crippen molar-refractivity contribution >= 4 is 27.5 Å². The van der Waals surface area contributed by atoms with E-state index in [1.165, 1.54) is 41.3 Å². The number of rotatable bonds is 10. The second kappa shape index (κ2) is 12.0. The van der Waals surface area contributed by atoms with Crippen LogP contribution in [0.4, 0.5) is 10.1 Å². The zero-order chi connectivity index (χ0) is 27.2. The number of anilines is 1. The Bertz CT molecular complexity index is 1350. The van der Waals surface area contributed by atoms with E-state index in [0.717, 1.165) is 15.4 Å². The molecule has 0 aliphatic heterocycles. The molecule has 2 amide bonds. The zero-order valence-electron chi connectivity index (χ0n) is 21.4. The number of carbonyl (C=O) groups excluding carboxylic acids is 2. The molecule has 1 atom stereocenters. The second-order valence-electron chi connectivity index (χ2n) is 8.81. The van der Waals surface area contributed by atoms with Crippen LogP contribution in [0, 0.1) is 19.7 Å². The maximum atomic E-state index is 13.7. The van der Waals surface area contributed by atoms with Crippen LogP contribution in [0.5, 0.6) is 0 Å². The van der Waals surface area contributed by atoms with E-state index in [1.807, 2.05) is 13.8 Å². The third-order valence-electron chi connectivity index (χ3n) is 6.17. The summed E-state index contributed by atoms with van der Waals surface area (Å²) in [5.74, 6) is -1.37. The maximum absolute atomic E-state index is 13.7. The molecule has 37 heavy (non-hydrogen) atoms. The molecule has 0 unspecified atom stereocenters. The Morgan fingerprint density at radius 1 is 0.946 bits per heavy atom. The maximum Gasteiger partial charge on any atom is 0.264 e. The van der Waals surface area contributed by atoms with Crippen molar-refractivity contribution in [2.45, 2.75) is 45.2 Å². The molecule has 9 heteroatoms. The number of benzene rings is 3. The van der Waals surface area contributed by atoms with E-state index in [-0.39, 0.29) is 17.3 Å². The molecule has 0 aromatic heterocycles. The van der Waals surface area contributed by atoms with Gasteiger partial charge in [-0.25, -0.2) is 12.8 Å². The highest BCUT2D eigenvalue weighted by atomic mass is 32.2. The van der Waals surface area contributed by atoms with Crippen LogP contribution in [-0.2, 0) is 26.2 Å². The molecule has 0 bridgehead atoms. The lowest BCUT2D eigenvalue weighted by Crippen LogP contribution is -2.51. The normalized spacial score (nSPS) is 12.0. The van der Waals surface area contributed by atoms with Gasteiger partial charge in [0.05, 0.1) is 10.6 Å². The topological polar surface area (TPSA) is 86.8 Å². The fourth-order valence-corrected chi connectivity index (χ4v) is 5.25. The number of amides is 2.